The van der Waals surface area contributed by atoms with Crippen LogP contribution in [-0.2, 0) is 17.0 Å². The molecule has 0 N–H and O–H groups in total. The van der Waals surface area contributed by atoms with E-state index in [0.29, 0.717) is 30.4 Å². The van der Waals surface area contributed by atoms with Crippen molar-refractivity contribution in [3.05, 3.63) is 88.0 Å². The summed E-state index contributed by atoms with van der Waals surface area (Å²) in [4.78, 5) is 29.7. The maximum atomic E-state index is 13.0. The highest BCUT2D eigenvalue weighted by Gasteiger charge is 2.24. The summed E-state index contributed by atoms with van der Waals surface area (Å²) in [5.74, 6) is 0.544. The highest BCUT2D eigenvalue weighted by atomic mass is 32.2. The van der Waals surface area contributed by atoms with Gasteiger partial charge in [0.15, 0.2) is 5.17 Å². The molecule has 0 aliphatic carbocycles. The number of aliphatic imine (C=N–C) groups is 1. The molecule has 0 fully saturated rings. The molecule has 6 nitrogen and oxygen atoms in total. The highest BCUT2D eigenvalue weighted by molar-refractivity contribution is 8.13. The molecule has 0 bridgehead atoms. The Morgan fingerprint density at radius 1 is 1.10 bits per heavy atom. The van der Waals surface area contributed by atoms with E-state index in [1.807, 2.05) is 48.5 Å². The number of carbonyl (C=O) groups excluding carboxylic acids is 1. The zero-order chi connectivity index (χ0) is 20.2. The Balaban J connectivity index is 1.44. The van der Waals surface area contributed by atoms with Crippen LogP contribution >= 0.6 is 11.8 Å². The van der Waals surface area contributed by atoms with Crippen LogP contribution < -0.4 is 0 Å². The second-order valence-electron chi connectivity index (χ2n) is 6.74. The van der Waals surface area contributed by atoms with Crippen LogP contribution in [0.1, 0.15) is 11.1 Å². The Morgan fingerprint density at radius 3 is 2.76 bits per heavy atom. The van der Waals surface area contributed by atoms with Crippen molar-refractivity contribution in [2.24, 2.45) is 4.99 Å². The number of benzene rings is 3. The summed E-state index contributed by atoms with van der Waals surface area (Å²) >= 11 is 1.44. The summed E-state index contributed by atoms with van der Waals surface area (Å²) in [5.41, 5.74) is 1.91. The van der Waals surface area contributed by atoms with E-state index in [2.05, 4.69) is 4.99 Å². The third-order valence-electron chi connectivity index (χ3n) is 4.81. The van der Waals surface area contributed by atoms with E-state index in [1.165, 1.54) is 17.8 Å². The zero-order valence-corrected chi connectivity index (χ0v) is 16.5. The van der Waals surface area contributed by atoms with Crippen LogP contribution in [0, 0.1) is 10.1 Å². The molecule has 3 aromatic carbocycles. The van der Waals surface area contributed by atoms with E-state index < -0.39 is 4.92 Å². The summed E-state index contributed by atoms with van der Waals surface area (Å²) in [5, 5.41) is 13.8. The Bertz CT molecular complexity index is 1110. The molecule has 1 heterocycles. The van der Waals surface area contributed by atoms with E-state index in [0.717, 1.165) is 21.9 Å². The number of rotatable bonds is 5. The number of hydrogen-bond donors (Lipinski definition) is 0. The summed E-state index contributed by atoms with van der Waals surface area (Å²) < 4.78 is 0. The predicted octanol–water partition coefficient (Wildman–Crippen LogP) is 4.42. The number of hydrogen-bond acceptors (Lipinski definition) is 5. The fraction of sp³-hybridized carbons (Fsp3) is 0.182. The van der Waals surface area contributed by atoms with Crippen molar-refractivity contribution >= 4 is 39.3 Å². The molecule has 4 rings (SSSR count). The second kappa shape index (κ2) is 8.45. The Hall–Kier alpha value is -3.19. The molecule has 29 heavy (non-hydrogen) atoms. The molecular weight excluding hydrogens is 386 g/mol. The van der Waals surface area contributed by atoms with Gasteiger partial charge in [0.25, 0.3) is 5.69 Å². The number of amidine groups is 1. The molecule has 146 valence electrons. The molecule has 0 aromatic heterocycles. The fourth-order valence-electron chi connectivity index (χ4n) is 3.39. The maximum Gasteiger partial charge on any atom is 0.269 e. The van der Waals surface area contributed by atoms with Crippen molar-refractivity contribution in [1.82, 2.24) is 4.90 Å². The molecule has 1 aliphatic rings. The quantitative estimate of drug-likeness (QED) is 0.465. The first kappa shape index (κ1) is 19.1. The third kappa shape index (κ3) is 4.30. The highest BCUT2D eigenvalue weighted by Crippen LogP contribution is 2.24. The Kier molecular flexibility index (Phi) is 5.57. The molecule has 0 saturated carbocycles. The first-order chi connectivity index (χ1) is 14.1. The van der Waals surface area contributed by atoms with Crippen LogP contribution in [0.2, 0.25) is 0 Å². The number of carbonyl (C=O) groups is 1. The standard InChI is InChI=1S/C22H19N3O3S/c26-21(14-18-8-4-7-17-6-1-2-10-20(17)18)24-12-11-23-22(24)29-15-16-5-3-9-19(13-16)25(27)28/h1-10,13H,11-12,14-15H2. The van der Waals surface area contributed by atoms with Gasteiger partial charge in [0.1, 0.15) is 0 Å². The lowest BCUT2D eigenvalue weighted by Gasteiger charge is -2.18. The van der Waals surface area contributed by atoms with Gasteiger partial charge in [-0.3, -0.25) is 24.8 Å². The fourth-order valence-corrected chi connectivity index (χ4v) is 4.40. The average molecular weight is 405 g/mol. The van der Waals surface area contributed by atoms with Crippen LogP contribution in [-0.4, -0.2) is 34.0 Å². The van der Waals surface area contributed by atoms with Gasteiger partial charge in [-0.2, -0.15) is 0 Å². The van der Waals surface area contributed by atoms with Gasteiger partial charge in [-0.1, -0.05) is 66.4 Å². The molecule has 0 saturated heterocycles. The maximum absolute atomic E-state index is 13.0. The number of amides is 1. The molecule has 0 unspecified atom stereocenters. The van der Waals surface area contributed by atoms with Gasteiger partial charge in [-0.25, -0.2) is 0 Å². The Labute approximate surface area is 172 Å². The minimum absolute atomic E-state index is 0.0177. The van der Waals surface area contributed by atoms with Crippen molar-refractivity contribution in [2.45, 2.75) is 12.2 Å². The van der Waals surface area contributed by atoms with E-state index >= 15 is 0 Å². The summed E-state index contributed by atoms with van der Waals surface area (Å²) in [7, 11) is 0. The van der Waals surface area contributed by atoms with Crippen molar-refractivity contribution in [3.8, 4) is 0 Å². The van der Waals surface area contributed by atoms with E-state index in [4.69, 9.17) is 0 Å². The molecule has 0 radical (unpaired) electrons. The van der Waals surface area contributed by atoms with E-state index in [-0.39, 0.29) is 11.6 Å². The van der Waals surface area contributed by atoms with Crippen LogP contribution in [0.15, 0.2) is 71.7 Å². The smallest absolute Gasteiger partial charge is 0.269 e. The zero-order valence-electron chi connectivity index (χ0n) is 15.7. The lowest BCUT2D eigenvalue weighted by molar-refractivity contribution is -0.384. The first-order valence-electron chi connectivity index (χ1n) is 9.29. The van der Waals surface area contributed by atoms with Crippen molar-refractivity contribution in [1.29, 1.82) is 0 Å². The van der Waals surface area contributed by atoms with E-state index in [9.17, 15) is 14.9 Å². The summed E-state index contributed by atoms with van der Waals surface area (Å²) in [6, 6.07) is 20.6. The lowest BCUT2D eigenvalue weighted by atomic mass is 10.0. The third-order valence-corrected chi connectivity index (χ3v) is 5.90. The van der Waals surface area contributed by atoms with Crippen molar-refractivity contribution in [2.75, 3.05) is 13.1 Å². The van der Waals surface area contributed by atoms with Gasteiger partial charge < -0.3 is 0 Å². The van der Waals surface area contributed by atoms with Crippen LogP contribution in [0.3, 0.4) is 0 Å². The number of nitrogens with zero attached hydrogens (tertiary/aromatic N) is 3. The van der Waals surface area contributed by atoms with Gasteiger partial charge in [0.2, 0.25) is 5.91 Å². The number of nitro groups is 1. The number of nitro benzene ring substituents is 1. The Morgan fingerprint density at radius 2 is 1.90 bits per heavy atom. The number of thioether (sulfide) groups is 1. The predicted molar refractivity (Wildman–Crippen MR) is 116 cm³/mol. The molecule has 3 aromatic rings. The minimum Gasteiger partial charge on any atom is -0.289 e. The normalized spacial score (nSPS) is 13.5. The number of fused-ring (bicyclic) bond motifs is 1. The topological polar surface area (TPSA) is 75.8 Å². The largest absolute Gasteiger partial charge is 0.289 e. The van der Waals surface area contributed by atoms with E-state index in [1.54, 1.807) is 17.0 Å². The monoisotopic (exact) mass is 405 g/mol. The molecule has 1 aliphatic heterocycles. The van der Waals surface area contributed by atoms with Crippen LogP contribution in [0.5, 0.6) is 0 Å². The van der Waals surface area contributed by atoms with Crippen LogP contribution in [0.25, 0.3) is 10.8 Å². The molecular formula is C22H19N3O3S. The average Bonchev–Trinajstić information content (AvgIpc) is 3.21. The second-order valence-corrected chi connectivity index (χ2v) is 7.68. The van der Waals surface area contributed by atoms with Gasteiger partial charge in [-0.05, 0) is 21.9 Å². The molecule has 1 amide bonds. The summed E-state index contributed by atoms with van der Waals surface area (Å²) in [6.45, 7) is 1.15. The van der Waals surface area contributed by atoms with Gasteiger partial charge in [0, 0.05) is 24.4 Å². The van der Waals surface area contributed by atoms with Crippen LogP contribution in [0.4, 0.5) is 5.69 Å². The van der Waals surface area contributed by atoms with Crippen molar-refractivity contribution in [3.63, 3.8) is 0 Å². The molecule has 7 heteroatoms. The van der Waals surface area contributed by atoms with Gasteiger partial charge in [0.05, 0.1) is 17.9 Å². The first-order valence-corrected chi connectivity index (χ1v) is 10.3. The molecule has 0 spiro atoms. The SMILES string of the molecule is O=C(Cc1cccc2ccccc12)N1CCN=C1SCc1cccc([N+](=O)[O-])c1. The molecule has 0 atom stereocenters. The van der Waals surface area contributed by atoms with Gasteiger partial charge >= 0.3 is 0 Å². The summed E-state index contributed by atoms with van der Waals surface area (Å²) in [6.07, 6.45) is 0.317. The lowest BCUT2D eigenvalue weighted by Crippen LogP contribution is -2.34. The number of non-ortho nitro benzene ring substituents is 1. The van der Waals surface area contributed by atoms with Crippen molar-refractivity contribution < 1.29 is 9.72 Å². The minimum atomic E-state index is -0.402. The van der Waals surface area contributed by atoms with Gasteiger partial charge in [-0.15, -0.1) is 0 Å².